The van der Waals surface area contributed by atoms with Gasteiger partial charge in [0.1, 0.15) is 19.0 Å². The zero-order valence-electron chi connectivity index (χ0n) is 16.6. The molecule has 0 aliphatic carbocycles. The molecule has 6 nitrogen and oxygen atoms in total. The third kappa shape index (κ3) is 6.69. The Hall–Kier alpha value is -2.16. The Morgan fingerprint density at radius 2 is 1.41 bits per heavy atom. The molecule has 0 N–H and O–H groups in total. The summed E-state index contributed by atoms with van der Waals surface area (Å²) in [6.45, 7) is 6.35. The van der Waals surface area contributed by atoms with E-state index in [9.17, 15) is 12.8 Å². The Balaban J connectivity index is 1.31. The Labute approximate surface area is 171 Å². The van der Waals surface area contributed by atoms with E-state index in [-0.39, 0.29) is 5.82 Å². The van der Waals surface area contributed by atoms with Gasteiger partial charge < -0.3 is 9.47 Å². The number of benzene rings is 2. The van der Waals surface area contributed by atoms with Crippen molar-refractivity contribution in [2.24, 2.45) is 0 Å². The monoisotopic (exact) mass is 422 g/mol. The standard InChI is InChI=1S/C21H27FN2O4S/c1-29(25,26)19-8-6-18(7-9-19)27-16-14-23-10-12-24(13-11-23)15-17-28-21-5-3-2-4-20(21)22/h2-9H,10-17H2,1H3. The van der Waals surface area contributed by atoms with Gasteiger partial charge in [0.05, 0.1) is 4.90 Å². The number of sulfone groups is 1. The van der Waals surface area contributed by atoms with Crippen LogP contribution in [0.3, 0.4) is 0 Å². The molecule has 1 aliphatic rings. The average Bonchev–Trinajstić information content (AvgIpc) is 2.70. The molecular formula is C21H27FN2O4S. The van der Waals surface area contributed by atoms with Crippen molar-refractivity contribution >= 4 is 9.84 Å². The highest BCUT2D eigenvalue weighted by molar-refractivity contribution is 7.90. The molecule has 3 rings (SSSR count). The Kier molecular flexibility index (Phi) is 7.46. The predicted molar refractivity (Wildman–Crippen MR) is 110 cm³/mol. The van der Waals surface area contributed by atoms with Crippen LogP contribution in [-0.4, -0.2) is 77.0 Å². The second-order valence-corrected chi connectivity index (χ2v) is 9.07. The minimum Gasteiger partial charge on any atom is -0.492 e. The van der Waals surface area contributed by atoms with Crippen LogP contribution < -0.4 is 9.47 Å². The van der Waals surface area contributed by atoms with Gasteiger partial charge in [0.2, 0.25) is 0 Å². The van der Waals surface area contributed by atoms with Crippen molar-refractivity contribution in [3.05, 3.63) is 54.3 Å². The number of rotatable bonds is 9. The van der Waals surface area contributed by atoms with Crippen LogP contribution in [0.25, 0.3) is 0 Å². The molecule has 0 unspecified atom stereocenters. The quantitative estimate of drug-likeness (QED) is 0.618. The molecule has 2 aromatic rings. The normalized spacial score (nSPS) is 15.9. The van der Waals surface area contributed by atoms with Crippen LogP contribution in [0.5, 0.6) is 11.5 Å². The average molecular weight is 423 g/mol. The molecule has 0 atom stereocenters. The van der Waals surface area contributed by atoms with E-state index in [1.165, 1.54) is 12.3 Å². The molecule has 29 heavy (non-hydrogen) atoms. The lowest BCUT2D eigenvalue weighted by atomic mass is 10.3. The Bertz CT molecular complexity index is 882. The second kappa shape index (κ2) is 10.0. The van der Waals surface area contributed by atoms with Gasteiger partial charge in [0, 0.05) is 45.5 Å². The van der Waals surface area contributed by atoms with Gasteiger partial charge >= 0.3 is 0 Å². The molecule has 1 saturated heterocycles. The van der Waals surface area contributed by atoms with Gasteiger partial charge in [-0.1, -0.05) is 12.1 Å². The van der Waals surface area contributed by atoms with E-state index in [0.717, 1.165) is 39.3 Å². The highest BCUT2D eigenvalue weighted by atomic mass is 32.2. The molecule has 0 radical (unpaired) electrons. The highest BCUT2D eigenvalue weighted by Gasteiger charge is 2.16. The fourth-order valence-electron chi connectivity index (χ4n) is 3.16. The van der Waals surface area contributed by atoms with Gasteiger partial charge in [-0.25, -0.2) is 12.8 Å². The van der Waals surface area contributed by atoms with Crippen molar-refractivity contribution in [3.8, 4) is 11.5 Å². The largest absolute Gasteiger partial charge is 0.492 e. The van der Waals surface area contributed by atoms with Crippen LogP contribution in [0.2, 0.25) is 0 Å². The maximum Gasteiger partial charge on any atom is 0.175 e. The molecular weight excluding hydrogens is 395 g/mol. The van der Waals surface area contributed by atoms with Crippen LogP contribution in [0, 0.1) is 5.82 Å². The van der Waals surface area contributed by atoms with Gasteiger partial charge in [-0.05, 0) is 36.4 Å². The van der Waals surface area contributed by atoms with Gasteiger partial charge in [0.15, 0.2) is 21.4 Å². The Morgan fingerprint density at radius 3 is 1.97 bits per heavy atom. The lowest BCUT2D eigenvalue weighted by Gasteiger charge is -2.34. The maximum absolute atomic E-state index is 13.5. The van der Waals surface area contributed by atoms with E-state index in [1.807, 2.05) is 0 Å². The summed E-state index contributed by atoms with van der Waals surface area (Å²) in [5.74, 6) is 0.637. The second-order valence-electron chi connectivity index (χ2n) is 7.05. The zero-order chi connectivity index (χ0) is 20.7. The summed E-state index contributed by atoms with van der Waals surface area (Å²) < 4.78 is 47.7. The molecule has 0 bridgehead atoms. The molecule has 0 aromatic heterocycles. The predicted octanol–water partition coefficient (Wildman–Crippen LogP) is 2.30. The number of piperazine rings is 1. The SMILES string of the molecule is CS(=O)(=O)c1ccc(OCCN2CCN(CCOc3ccccc3F)CC2)cc1. The molecule has 2 aromatic carbocycles. The van der Waals surface area contributed by atoms with E-state index >= 15 is 0 Å². The van der Waals surface area contributed by atoms with Crippen LogP contribution in [0.4, 0.5) is 4.39 Å². The van der Waals surface area contributed by atoms with Crippen LogP contribution >= 0.6 is 0 Å². The van der Waals surface area contributed by atoms with Crippen molar-refractivity contribution < 1.29 is 22.3 Å². The summed E-state index contributed by atoms with van der Waals surface area (Å²) >= 11 is 0. The number of hydrogen-bond acceptors (Lipinski definition) is 6. The van der Waals surface area contributed by atoms with Gasteiger partial charge in [-0.3, -0.25) is 9.80 Å². The molecule has 0 amide bonds. The first-order valence-electron chi connectivity index (χ1n) is 9.67. The van der Waals surface area contributed by atoms with Gasteiger partial charge in [-0.15, -0.1) is 0 Å². The third-order valence-corrected chi connectivity index (χ3v) is 6.02. The maximum atomic E-state index is 13.5. The van der Waals surface area contributed by atoms with Crippen molar-refractivity contribution in [2.45, 2.75) is 4.90 Å². The van der Waals surface area contributed by atoms with Crippen LogP contribution in [-0.2, 0) is 9.84 Å². The summed E-state index contributed by atoms with van der Waals surface area (Å²) in [5, 5.41) is 0. The molecule has 1 heterocycles. The summed E-state index contributed by atoms with van der Waals surface area (Å²) in [4.78, 5) is 4.93. The van der Waals surface area contributed by atoms with Crippen LogP contribution in [0.1, 0.15) is 0 Å². The third-order valence-electron chi connectivity index (χ3n) is 4.89. The number of nitrogens with zero attached hydrogens (tertiary/aromatic N) is 2. The molecule has 0 saturated carbocycles. The fourth-order valence-corrected chi connectivity index (χ4v) is 3.79. The lowest BCUT2D eigenvalue weighted by molar-refractivity contribution is 0.104. The summed E-state index contributed by atoms with van der Waals surface area (Å²) in [6, 6.07) is 12.9. The lowest BCUT2D eigenvalue weighted by Crippen LogP contribution is -2.48. The number of para-hydroxylation sites is 1. The van der Waals surface area contributed by atoms with E-state index in [2.05, 4.69) is 9.80 Å². The van der Waals surface area contributed by atoms with Crippen molar-refractivity contribution in [2.75, 3.05) is 58.7 Å². The van der Waals surface area contributed by atoms with Crippen molar-refractivity contribution in [1.29, 1.82) is 0 Å². The van der Waals surface area contributed by atoms with E-state index in [4.69, 9.17) is 9.47 Å². The van der Waals surface area contributed by atoms with E-state index < -0.39 is 9.84 Å². The number of halogens is 1. The number of ether oxygens (including phenoxy) is 2. The summed E-state index contributed by atoms with van der Waals surface area (Å²) in [5.41, 5.74) is 0. The summed E-state index contributed by atoms with van der Waals surface area (Å²) in [6.07, 6.45) is 1.19. The topological polar surface area (TPSA) is 59.1 Å². The first-order valence-corrected chi connectivity index (χ1v) is 11.6. The number of hydrogen-bond donors (Lipinski definition) is 0. The van der Waals surface area contributed by atoms with E-state index in [0.29, 0.717) is 29.6 Å². The highest BCUT2D eigenvalue weighted by Crippen LogP contribution is 2.16. The minimum absolute atomic E-state index is 0.292. The first kappa shape index (κ1) is 21.5. The molecule has 0 spiro atoms. The fraction of sp³-hybridized carbons (Fsp3) is 0.429. The van der Waals surface area contributed by atoms with Crippen molar-refractivity contribution in [3.63, 3.8) is 0 Å². The Morgan fingerprint density at radius 1 is 0.862 bits per heavy atom. The van der Waals surface area contributed by atoms with Crippen LogP contribution in [0.15, 0.2) is 53.4 Å². The van der Waals surface area contributed by atoms with Gasteiger partial charge in [-0.2, -0.15) is 0 Å². The van der Waals surface area contributed by atoms with Crippen molar-refractivity contribution in [1.82, 2.24) is 9.80 Å². The molecule has 1 fully saturated rings. The molecule has 8 heteroatoms. The smallest absolute Gasteiger partial charge is 0.175 e. The molecule has 158 valence electrons. The van der Waals surface area contributed by atoms with Gasteiger partial charge in [0.25, 0.3) is 0 Å². The zero-order valence-corrected chi connectivity index (χ0v) is 17.4. The minimum atomic E-state index is -3.18. The first-order chi connectivity index (χ1) is 13.9. The molecule has 1 aliphatic heterocycles. The summed E-state index contributed by atoms with van der Waals surface area (Å²) in [7, 11) is -3.18. The van der Waals surface area contributed by atoms with E-state index in [1.54, 1.807) is 42.5 Å².